The molecule has 0 aliphatic rings. The molecule has 0 aliphatic carbocycles. The molecule has 0 saturated heterocycles. The van der Waals surface area contributed by atoms with Crippen LogP contribution in [0.5, 0.6) is 5.75 Å². The Bertz CT molecular complexity index is 631. The van der Waals surface area contributed by atoms with Crippen LogP contribution < -0.4 is 10.1 Å². The van der Waals surface area contributed by atoms with Gasteiger partial charge in [-0.3, -0.25) is 4.79 Å². The van der Waals surface area contributed by atoms with Crippen molar-refractivity contribution in [2.45, 2.75) is 4.90 Å². The fourth-order valence-corrected chi connectivity index (χ4v) is 2.99. The van der Waals surface area contributed by atoms with Crippen molar-refractivity contribution < 1.29 is 17.9 Å². The lowest BCUT2D eigenvalue weighted by atomic mass is 10.3. The Morgan fingerprint density at radius 2 is 2.19 bits per heavy atom. The summed E-state index contributed by atoms with van der Waals surface area (Å²) in [6.07, 6.45) is 1.51. The van der Waals surface area contributed by atoms with Gasteiger partial charge in [0.05, 0.1) is 23.6 Å². The van der Waals surface area contributed by atoms with Crippen molar-refractivity contribution in [2.24, 2.45) is 0 Å². The zero-order valence-corrected chi connectivity index (χ0v) is 13.4. The molecule has 0 radical (unpaired) electrons. The second-order valence-corrected chi connectivity index (χ2v) is 6.60. The maximum atomic E-state index is 12.3. The normalized spacial score (nSPS) is 11.2. The number of halogens is 1. The van der Waals surface area contributed by atoms with Gasteiger partial charge < -0.3 is 10.1 Å². The lowest BCUT2D eigenvalue weighted by Gasteiger charge is -2.17. The molecule has 0 spiro atoms. The Labute approximate surface area is 129 Å². The Kier molecular flexibility index (Phi) is 6.19. The summed E-state index contributed by atoms with van der Waals surface area (Å²) in [7, 11) is -1.04. The SMILES string of the molecule is C=CCNC(=O)CN(C)S(=O)(=O)c1ccc(OC)c(Cl)c1. The summed E-state index contributed by atoms with van der Waals surface area (Å²) >= 11 is 5.92. The van der Waals surface area contributed by atoms with E-state index in [1.807, 2.05) is 0 Å². The van der Waals surface area contributed by atoms with Crippen LogP contribution in [-0.4, -0.2) is 45.9 Å². The minimum Gasteiger partial charge on any atom is -0.495 e. The summed E-state index contributed by atoms with van der Waals surface area (Å²) in [5.41, 5.74) is 0. The van der Waals surface area contributed by atoms with Gasteiger partial charge in [0.2, 0.25) is 15.9 Å². The number of carbonyl (C=O) groups excluding carboxylic acids is 1. The lowest BCUT2D eigenvalue weighted by molar-refractivity contribution is -0.120. The first-order valence-electron chi connectivity index (χ1n) is 6.00. The van der Waals surface area contributed by atoms with Gasteiger partial charge in [-0.05, 0) is 18.2 Å². The van der Waals surface area contributed by atoms with Gasteiger partial charge in [0, 0.05) is 13.6 Å². The Morgan fingerprint density at radius 3 is 2.71 bits per heavy atom. The zero-order chi connectivity index (χ0) is 16.0. The monoisotopic (exact) mass is 332 g/mol. The highest BCUT2D eigenvalue weighted by Gasteiger charge is 2.23. The van der Waals surface area contributed by atoms with Crippen LogP contribution >= 0.6 is 11.6 Å². The molecule has 0 fully saturated rings. The molecule has 0 saturated carbocycles. The zero-order valence-electron chi connectivity index (χ0n) is 11.8. The number of likely N-dealkylation sites (N-methyl/N-ethyl adjacent to an activating group) is 1. The molecule has 0 heterocycles. The molecule has 0 aromatic heterocycles. The highest BCUT2D eigenvalue weighted by atomic mass is 35.5. The van der Waals surface area contributed by atoms with E-state index in [0.717, 1.165) is 4.31 Å². The van der Waals surface area contributed by atoms with E-state index in [1.165, 1.54) is 38.4 Å². The molecule has 0 bridgehead atoms. The van der Waals surface area contributed by atoms with Gasteiger partial charge in [-0.1, -0.05) is 17.7 Å². The predicted molar refractivity (Wildman–Crippen MR) is 81.0 cm³/mol. The van der Waals surface area contributed by atoms with Gasteiger partial charge in [0.1, 0.15) is 5.75 Å². The van der Waals surface area contributed by atoms with Crippen molar-refractivity contribution in [2.75, 3.05) is 27.2 Å². The number of ether oxygens (including phenoxy) is 1. The first-order chi connectivity index (χ1) is 9.82. The van der Waals surface area contributed by atoms with Crippen molar-refractivity contribution in [3.63, 3.8) is 0 Å². The average Bonchev–Trinajstić information content (AvgIpc) is 2.44. The number of amides is 1. The van der Waals surface area contributed by atoms with E-state index in [-0.39, 0.29) is 23.0 Å². The van der Waals surface area contributed by atoms with Crippen molar-refractivity contribution in [3.8, 4) is 5.75 Å². The van der Waals surface area contributed by atoms with Crippen LogP contribution in [0.4, 0.5) is 0 Å². The summed E-state index contributed by atoms with van der Waals surface area (Å²) in [4.78, 5) is 11.5. The molecular formula is C13H17ClN2O4S. The summed E-state index contributed by atoms with van der Waals surface area (Å²) < 4.78 is 30.6. The van der Waals surface area contributed by atoms with Crippen LogP contribution in [0.1, 0.15) is 0 Å². The number of benzene rings is 1. The molecule has 0 atom stereocenters. The quantitative estimate of drug-likeness (QED) is 0.763. The number of rotatable bonds is 7. The van der Waals surface area contributed by atoms with Gasteiger partial charge in [-0.25, -0.2) is 8.42 Å². The van der Waals surface area contributed by atoms with Crippen molar-refractivity contribution in [3.05, 3.63) is 35.9 Å². The Balaban J connectivity index is 2.92. The van der Waals surface area contributed by atoms with E-state index >= 15 is 0 Å². The smallest absolute Gasteiger partial charge is 0.243 e. The second kappa shape index (κ2) is 7.44. The van der Waals surface area contributed by atoms with Gasteiger partial charge in [0.15, 0.2) is 0 Å². The van der Waals surface area contributed by atoms with E-state index in [4.69, 9.17) is 16.3 Å². The molecule has 0 unspecified atom stereocenters. The summed E-state index contributed by atoms with van der Waals surface area (Å²) in [5.74, 6) is -0.0393. The molecule has 1 amide bonds. The first kappa shape index (κ1) is 17.5. The second-order valence-electron chi connectivity index (χ2n) is 4.15. The summed E-state index contributed by atoms with van der Waals surface area (Å²) in [6, 6.07) is 4.12. The summed E-state index contributed by atoms with van der Waals surface area (Å²) in [5, 5.41) is 2.69. The van der Waals surface area contributed by atoms with E-state index in [2.05, 4.69) is 11.9 Å². The molecular weight excluding hydrogens is 316 g/mol. The fourth-order valence-electron chi connectivity index (χ4n) is 1.52. The third-order valence-corrected chi connectivity index (χ3v) is 4.74. The number of carbonyl (C=O) groups is 1. The maximum Gasteiger partial charge on any atom is 0.243 e. The number of hydrogen-bond acceptors (Lipinski definition) is 4. The lowest BCUT2D eigenvalue weighted by Crippen LogP contribution is -2.38. The van der Waals surface area contributed by atoms with E-state index in [0.29, 0.717) is 5.75 Å². The van der Waals surface area contributed by atoms with E-state index in [1.54, 1.807) is 0 Å². The van der Waals surface area contributed by atoms with Crippen molar-refractivity contribution in [1.82, 2.24) is 9.62 Å². The van der Waals surface area contributed by atoms with Gasteiger partial charge >= 0.3 is 0 Å². The van der Waals surface area contributed by atoms with Crippen LogP contribution in [0.2, 0.25) is 5.02 Å². The Hall–Kier alpha value is -1.57. The number of nitrogens with one attached hydrogen (secondary N) is 1. The number of nitrogens with zero attached hydrogens (tertiary/aromatic N) is 1. The minimum absolute atomic E-state index is 0.00711. The van der Waals surface area contributed by atoms with Crippen molar-refractivity contribution >= 4 is 27.5 Å². The molecule has 116 valence electrons. The largest absolute Gasteiger partial charge is 0.495 e. The molecule has 1 N–H and O–H groups in total. The number of hydrogen-bond donors (Lipinski definition) is 1. The third kappa shape index (κ3) is 4.45. The van der Waals surface area contributed by atoms with Crippen LogP contribution in [0.25, 0.3) is 0 Å². The molecule has 0 aliphatic heterocycles. The molecule has 1 aromatic rings. The fraction of sp³-hybridized carbons (Fsp3) is 0.308. The van der Waals surface area contributed by atoms with E-state index in [9.17, 15) is 13.2 Å². The topological polar surface area (TPSA) is 75.7 Å². The Morgan fingerprint density at radius 1 is 1.52 bits per heavy atom. The standard InChI is InChI=1S/C13H17ClN2O4S/c1-4-7-15-13(17)9-16(2)21(18,19)10-5-6-12(20-3)11(14)8-10/h4-6,8H,1,7,9H2,2-3H3,(H,15,17). The van der Waals surface area contributed by atoms with Gasteiger partial charge in [-0.15, -0.1) is 6.58 Å². The molecule has 21 heavy (non-hydrogen) atoms. The van der Waals surface area contributed by atoms with Gasteiger partial charge in [0.25, 0.3) is 0 Å². The van der Waals surface area contributed by atoms with Gasteiger partial charge in [-0.2, -0.15) is 4.31 Å². The molecule has 8 heteroatoms. The number of sulfonamides is 1. The van der Waals surface area contributed by atoms with Crippen molar-refractivity contribution in [1.29, 1.82) is 0 Å². The third-order valence-electron chi connectivity index (χ3n) is 2.64. The highest BCUT2D eigenvalue weighted by Crippen LogP contribution is 2.27. The molecule has 1 aromatic carbocycles. The molecule has 6 nitrogen and oxygen atoms in total. The first-order valence-corrected chi connectivity index (χ1v) is 7.82. The van der Waals surface area contributed by atoms with Crippen LogP contribution in [0.15, 0.2) is 35.7 Å². The highest BCUT2D eigenvalue weighted by molar-refractivity contribution is 7.89. The van der Waals surface area contributed by atoms with E-state index < -0.39 is 15.9 Å². The number of methoxy groups -OCH3 is 1. The predicted octanol–water partition coefficient (Wildman–Crippen LogP) is 1.27. The summed E-state index contributed by atoms with van der Waals surface area (Å²) in [6.45, 7) is 3.45. The van der Waals surface area contributed by atoms with Crippen LogP contribution in [-0.2, 0) is 14.8 Å². The van der Waals surface area contributed by atoms with Crippen LogP contribution in [0.3, 0.4) is 0 Å². The average molecular weight is 333 g/mol. The van der Waals surface area contributed by atoms with Crippen LogP contribution in [0, 0.1) is 0 Å². The minimum atomic E-state index is -3.80. The molecule has 1 rings (SSSR count). The maximum absolute atomic E-state index is 12.3.